The van der Waals surface area contributed by atoms with Gasteiger partial charge in [0.15, 0.2) is 0 Å². The largest absolute Gasteiger partial charge is 0.331 e. The van der Waals surface area contributed by atoms with E-state index in [1.807, 2.05) is 24.3 Å². The number of urea groups is 1. The zero-order chi connectivity index (χ0) is 10.7. The zero-order valence-electron chi connectivity index (χ0n) is 8.65. The van der Waals surface area contributed by atoms with Crippen molar-refractivity contribution in [3.05, 3.63) is 0 Å². The van der Waals surface area contributed by atoms with Crippen LogP contribution in [-0.4, -0.2) is 54.8 Å². The van der Waals surface area contributed by atoms with Crippen molar-refractivity contribution < 1.29 is 14.4 Å². The predicted octanol–water partition coefficient (Wildman–Crippen LogP) is -0.562. The Bertz CT molecular complexity index is 280. The maximum atomic E-state index is 11.1. The number of amides is 4. The van der Waals surface area contributed by atoms with Crippen LogP contribution >= 0.6 is 12.4 Å². The fraction of sp³-hybridized carbons (Fsp3) is 0.625. The van der Waals surface area contributed by atoms with Crippen molar-refractivity contribution in [3.63, 3.8) is 0 Å². The summed E-state index contributed by atoms with van der Waals surface area (Å²) < 4.78 is 0. The Labute approximate surface area is 94.0 Å². The van der Waals surface area contributed by atoms with Crippen LogP contribution in [0.1, 0.15) is 6.42 Å². The number of halogens is 1. The van der Waals surface area contributed by atoms with Crippen LogP contribution in [0.25, 0.3) is 0 Å². The highest BCUT2D eigenvalue weighted by Gasteiger charge is 2.36. The molecule has 0 atom stereocenters. The Morgan fingerprint density at radius 2 is 1.87 bits per heavy atom. The molecule has 0 bridgehead atoms. The monoisotopic (exact) mass is 235 g/mol. The van der Waals surface area contributed by atoms with Gasteiger partial charge in [0.2, 0.25) is 0 Å². The van der Waals surface area contributed by atoms with Crippen LogP contribution in [0.2, 0.25) is 0 Å². The average Bonchev–Trinajstić information content (AvgIpc) is 2.31. The van der Waals surface area contributed by atoms with Gasteiger partial charge in [-0.3, -0.25) is 19.8 Å². The summed E-state index contributed by atoms with van der Waals surface area (Å²) in [7, 11) is 3.80. The second kappa shape index (κ2) is 5.67. The van der Waals surface area contributed by atoms with Crippen molar-refractivity contribution in [2.75, 3.05) is 27.2 Å². The van der Waals surface area contributed by atoms with Crippen molar-refractivity contribution in [2.24, 2.45) is 0 Å². The van der Waals surface area contributed by atoms with Crippen LogP contribution in [0.15, 0.2) is 0 Å². The molecule has 4 amide bonds. The lowest BCUT2D eigenvalue weighted by molar-refractivity contribution is -0.140. The molecule has 6 nitrogen and oxygen atoms in total. The van der Waals surface area contributed by atoms with E-state index in [4.69, 9.17) is 0 Å². The minimum absolute atomic E-state index is 0. The van der Waals surface area contributed by atoms with Gasteiger partial charge in [0.1, 0.15) is 0 Å². The highest BCUT2D eigenvalue weighted by Crippen LogP contribution is 2.01. The smallest absolute Gasteiger partial charge is 0.309 e. The number of nitrogens with zero attached hydrogens (tertiary/aromatic N) is 2. The molecule has 0 spiro atoms. The summed E-state index contributed by atoms with van der Waals surface area (Å²) in [6.45, 7) is 1.06. The molecule has 1 N–H and O–H groups in total. The molecule has 0 saturated carbocycles. The van der Waals surface area contributed by atoms with Gasteiger partial charge >= 0.3 is 17.8 Å². The van der Waals surface area contributed by atoms with Crippen LogP contribution in [0.3, 0.4) is 0 Å². The van der Waals surface area contributed by atoms with Crippen molar-refractivity contribution >= 4 is 30.3 Å². The fourth-order valence-corrected chi connectivity index (χ4v) is 1.18. The molecule has 15 heavy (non-hydrogen) atoms. The Morgan fingerprint density at radius 1 is 1.27 bits per heavy atom. The number of nitrogens with one attached hydrogen (secondary N) is 1. The van der Waals surface area contributed by atoms with Gasteiger partial charge in [-0.05, 0) is 27.1 Å². The number of carbonyl (C=O) groups excluding carboxylic acids is 3. The van der Waals surface area contributed by atoms with Gasteiger partial charge in [0.25, 0.3) is 0 Å². The lowest BCUT2D eigenvalue weighted by atomic mass is 10.3. The van der Waals surface area contributed by atoms with Gasteiger partial charge < -0.3 is 4.90 Å². The first-order chi connectivity index (χ1) is 6.52. The molecule has 0 aromatic heterocycles. The van der Waals surface area contributed by atoms with E-state index in [0.29, 0.717) is 6.42 Å². The predicted molar refractivity (Wildman–Crippen MR) is 55.7 cm³/mol. The third kappa shape index (κ3) is 3.49. The molecule has 1 aliphatic heterocycles. The quantitative estimate of drug-likeness (QED) is 0.524. The van der Waals surface area contributed by atoms with E-state index >= 15 is 0 Å². The molecule has 1 heterocycles. The third-order valence-electron chi connectivity index (χ3n) is 1.89. The van der Waals surface area contributed by atoms with Gasteiger partial charge in [-0.2, -0.15) is 0 Å². The van der Waals surface area contributed by atoms with Crippen LogP contribution < -0.4 is 5.32 Å². The summed E-state index contributed by atoms with van der Waals surface area (Å²) in [4.78, 5) is 35.7. The minimum Gasteiger partial charge on any atom is -0.309 e. The van der Waals surface area contributed by atoms with Crippen molar-refractivity contribution in [1.82, 2.24) is 15.1 Å². The highest BCUT2D eigenvalue weighted by atomic mass is 35.5. The fourth-order valence-electron chi connectivity index (χ4n) is 1.18. The third-order valence-corrected chi connectivity index (χ3v) is 1.89. The standard InChI is InChI=1S/C8H13N3O3.ClH/c1-10(2)4-3-5-11-7(13)6(12)9-8(11)14;/h3-5H2,1-2H3,(H,9,12,14);1H. The molecular formula is C8H14ClN3O3. The molecular weight excluding hydrogens is 222 g/mol. The molecule has 1 rings (SSSR count). The maximum Gasteiger partial charge on any atom is 0.331 e. The van der Waals surface area contributed by atoms with E-state index in [9.17, 15) is 14.4 Å². The highest BCUT2D eigenvalue weighted by molar-refractivity contribution is 6.44. The van der Waals surface area contributed by atoms with E-state index in [2.05, 4.69) is 0 Å². The van der Waals surface area contributed by atoms with Crippen LogP contribution in [0, 0.1) is 0 Å². The summed E-state index contributed by atoms with van der Waals surface area (Å²) in [5, 5.41) is 1.94. The molecule has 0 aromatic carbocycles. The summed E-state index contributed by atoms with van der Waals surface area (Å²) in [5.74, 6) is -1.59. The number of rotatable bonds is 4. The molecule has 7 heteroatoms. The average molecular weight is 236 g/mol. The van der Waals surface area contributed by atoms with Gasteiger partial charge in [0, 0.05) is 6.54 Å². The molecule has 86 valence electrons. The van der Waals surface area contributed by atoms with E-state index in [0.717, 1.165) is 11.4 Å². The first-order valence-corrected chi connectivity index (χ1v) is 4.34. The number of imide groups is 2. The molecule has 1 saturated heterocycles. The van der Waals surface area contributed by atoms with Gasteiger partial charge in [-0.25, -0.2) is 4.79 Å². The Balaban J connectivity index is 0.00000196. The second-order valence-corrected chi connectivity index (χ2v) is 3.37. The molecule has 0 aromatic rings. The van der Waals surface area contributed by atoms with Gasteiger partial charge in [-0.1, -0.05) is 0 Å². The Kier molecular flexibility index (Phi) is 5.24. The Morgan fingerprint density at radius 3 is 2.27 bits per heavy atom. The van der Waals surface area contributed by atoms with Gasteiger partial charge in [-0.15, -0.1) is 12.4 Å². The lowest BCUT2D eigenvalue weighted by Crippen LogP contribution is -2.33. The molecule has 0 radical (unpaired) electrons. The first-order valence-electron chi connectivity index (χ1n) is 4.34. The van der Waals surface area contributed by atoms with Crippen molar-refractivity contribution in [3.8, 4) is 0 Å². The maximum absolute atomic E-state index is 11.1. The summed E-state index contributed by atoms with van der Waals surface area (Å²) in [5.41, 5.74) is 0. The van der Waals surface area contributed by atoms with Crippen molar-refractivity contribution in [2.45, 2.75) is 6.42 Å². The van der Waals surface area contributed by atoms with Crippen molar-refractivity contribution in [1.29, 1.82) is 0 Å². The number of hydrogen-bond donors (Lipinski definition) is 1. The topological polar surface area (TPSA) is 69.7 Å². The van der Waals surface area contributed by atoms with E-state index < -0.39 is 17.8 Å². The molecule has 1 aliphatic rings. The van der Waals surface area contributed by atoms with E-state index in [1.165, 1.54) is 0 Å². The second-order valence-electron chi connectivity index (χ2n) is 3.37. The zero-order valence-corrected chi connectivity index (χ0v) is 9.47. The van der Waals surface area contributed by atoms with E-state index in [1.54, 1.807) is 0 Å². The summed E-state index contributed by atoms with van der Waals surface area (Å²) >= 11 is 0. The van der Waals surface area contributed by atoms with Crippen LogP contribution in [0.5, 0.6) is 0 Å². The van der Waals surface area contributed by atoms with Crippen LogP contribution in [0.4, 0.5) is 4.79 Å². The lowest BCUT2D eigenvalue weighted by Gasteiger charge is -2.13. The SMILES string of the molecule is CN(C)CCCN1C(=O)NC(=O)C1=O.Cl. The molecule has 1 fully saturated rings. The normalized spacial score (nSPS) is 15.7. The van der Waals surface area contributed by atoms with E-state index in [-0.39, 0.29) is 19.0 Å². The first kappa shape index (κ1) is 13.9. The molecule has 0 aliphatic carbocycles. The number of hydrogen-bond acceptors (Lipinski definition) is 4. The van der Waals surface area contributed by atoms with Gasteiger partial charge in [0.05, 0.1) is 0 Å². The summed E-state index contributed by atoms with van der Waals surface area (Å²) in [6.07, 6.45) is 0.666. The Hall–Kier alpha value is -1.14. The number of carbonyl (C=O) groups is 3. The minimum atomic E-state index is -0.833. The van der Waals surface area contributed by atoms with Crippen LogP contribution in [-0.2, 0) is 9.59 Å². The summed E-state index contributed by atoms with van der Waals surface area (Å²) in [6, 6.07) is -0.612. The molecule has 0 unspecified atom stereocenters.